The lowest BCUT2D eigenvalue weighted by Gasteiger charge is -2.59. The number of rotatable bonds is 7. The molecule has 3 atom stereocenters. The summed E-state index contributed by atoms with van der Waals surface area (Å²) >= 11 is 0. The molecule has 0 heterocycles. The van der Waals surface area contributed by atoms with Gasteiger partial charge in [-0.2, -0.15) is 0 Å². The molecule has 0 aromatic rings. The number of carbonyl (C=O) groups is 1. The van der Waals surface area contributed by atoms with Crippen LogP contribution in [0.1, 0.15) is 99.3 Å². The lowest BCUT2D eigenvalue weighted by atomic mass is 9.52. The molecule has 0 amide bonds. The Hall–Kier alpha value is -0.570. The molecule has 0 saturated heterocycles. The predicted molar refractivity (Wildman–Crippen MR) is 105 cm³/mol. The standard InChI is InChI=1S/C23H40O3/c1-7-20(5,6)14-23(8-2,16(3)4)19(24)26-22-12-17-9-18(13-22)11-21(25,10-17)15-22/h16-18,25H,7-15H2,1-6H3. The summed E-state index contributed by atoms with van der Waals surface area (Å²) in [7, 11) is 0. The normalized spacial score (nSPS) is 38.5. The Morgan fingerprint density at radius 1 is 1.12 bits per heavy atom. The fraction of sp³-hybridized carbons (Fsp3) is 0.957. The maximum Gasteiger partial charge on any atom is 0.312 e. The molecule has 3 heteroatoms. The van der Waals surface area contributed by atoms with Crippen LogP contribution < -0.4 is 0 Å². The monoisotopic (exact) mass is 364 g/mol. The van der Waals surface area contributed by atoms with Crippen molar-refractivity contribution in [2.24, 2.45) is 28.6 Å². The topological polar surface area (TPSA) is 46.5 Å². The number of aliphatic hydroxyl groups is 1. The molecule has 0 aromatic carbocycles. The minimum atomic E-state index is -0.584. The molecule has 4 rings (SSSR count). The fourth-order valence-electron chi connectivity index (χ4n) is 6.72. The highest BCUT2D eigenvalue weighted by Gasteiger charge is 2.60. The van der Waals surface area contributed by atoms with Crippen LogP contribution in [-0.2, 0) is 9.53 Å². The van der Waals surface area contributed by atoms with Crippen molar-refractivity contribution < 1.29 is 14.6 Å². The third-order valence-corrected chi connectivity index (χ3v) is 8.18. The van der Waals surface area contributed by atoms with E-state index in [0.29, 0.717) is 18.3 Å². The van der Waals surface area contributed by atoms with Gasteiger partial charge in [0.15, 0.2) is 0 Å². The largest absolute Gasteiger partial charge is 0.459 e. The average Bonchev–Trinajstić information content (AvgIpc) is 2.49. The van der Waals surface area contributed by atoms with Gasteiger partial charge in [0, 0.05) is 6.42 Å². The molecule has 4 bridgehead atoms. The van der Waals surface area contributed by atoms with E-state index in [0.717, 1.165) is 44.9 Å². The number of hydrogen-bond donors (Lipinski definition) is 1. The van der Waals surface area contributed by atoms with E-state index in [2.05, 4.69) is 41.5 Å². The van der Waals surface area contributed by atoms with Crippen LogP contribution in [0, 0.1) is 28.6 Å². The van der Waals surface area contributed by atoms with Gasteiger partial charge in [-0.25, -0.2) is 0 Å². The van der Waals surface area contributed by atoms with Crippen molar-refractivity contribution in [2.75, 3.05) is 0 Å². The maximum absolute atomic E-state index is 13.6. The van der Waals surface area contributed by atoms with Crippen LogP contribution in [0.5, 0.6) is 0 Å². The van der Waals surface area contributed by atoms with E-state index in [-0.39, 0.29) is 17.3 Å². The zero-order valence-corrected chi connectivity index (χ0v) is 17.9. The van der Waals surface area contributed by atoms with Gasteiger partial charge in [0.05, 0.1) is 11.0 Å². The lowest BCUT2D eigenvalue weighted by Crippen LogP contribution is -2.61. The number of carbonyl (C=O) groups excluding carboxylic acids is 1. The van der Waals surface area contributed by atoms with E-state index in [1.807, 2.05) is 0 Å². The molecule has 0 aromatic heterocycles. The molecule has 150 valence electrons. The Balaban J connectivity index is 1.84. The van der Waals surface area contributed by atoms with Crippen LogP contribution in [0.3, 0.4) is 0 Å². The molecule has 0 spiro atoms. The van der Waals surface area contributed by atoms with Gasteiger partial charge in [0.1, 0.15) is 5.60 Å². The first-order valence-electron chi connectivity index (χ1n) is 10.9. The molecular weight excluding hydrogens is 324 g/mol. The third kappa shape index (κ3) is 3.45. The predicted octanol–water partition coefficient (Wildman–Crippen LogP) is 5.49. The zero-order chi connectivity index (χ0) is 19.4. The van der Waals surface area contributed by atoms with E-state index >= 15 is 0 Å². The summed E-state index contributed by atoms with van der Waals surface area (Å²) in [6.07, 6.45) is 8.38. The molecule has 4 saturated carbocycles. The Bertz CT molecular complexity index is 536. The first-order chi connectivity index (χ1) is 12.0. The Morgan fingerprint density at radius 3 is 2.12 bits per heavy atom. The van der Waals surface area contributed by atoms with Crippen molar-refractivity contribution in [1.29, 1.82) is 0 Å². The highest BCUT2D eigenvalue weighted by Crippen LogP contribution is 2.59. The van der Waals surface area contributed by atoms with E-state index < -0.39 is 16.6 Å². The van der Waals surface area contributed by atoms with Gasteiger partial charge in [0.2, 0.25) is 0 Å². The SMILES string of the molecule is CCC(C)(C)CC(CC)(C(=O)OC12CC3CC(CC(O)(C3)C1)C2)C(C)C. The second-order valence-electron chi connectivity index (χ2n) is 11.1. The maximum atomic E-state index is 13.6. The second kappa shape index (κ2) is 6.50. The van der Waals surface area contributed by atoms with Gasteiger partial charge in [-0.05, 0) is 68.1 Å². The second-order valence-corrected chi connectivity index (χ2v) is 11.1. The summed E-state index contributed by atoms with van der Waals surface area (Å²) in [5, 5.41) is 11.0. The van der Waals surface area contributed by atoms with Crippen LogP contribution in [0.15, 0.2) is 0 Å². The molecule has 0 aliphatic heterocycles. The Morgan fingerprint density at radius 2 is 1.69 bits per heavy atom. The zero-order valence-electron chi connectivity index (χ0n) is 17.9. The summed E-state index contributed by atoms with van der Waals surface area (Å²) in [5.41, 5.74) is -1.29. The Kier molecular flexibility index (Phi) is 5.04. The van der Waals surface area contributed by atoms with Crippen LogP contribution in [0.2, 0.25) is 0 Å². The van der Waals surface area contributed by atoms with Crippen LogP contribution in [0.4, 0.5) is 0 Å². The minimum absolute atomic E-state index is 0.00192. The fourth-order valence-corrected chi connectivity index (χ4v) is 6.72. The molecule has 4 aliphatic carbocycles. The smallest absolute Gasteiger partial charge is 0.312 e. The van der Waals surface area contributed by atoms with Crippen molar-refractivity contribution >= 4 is 5.97 Å². The number of hydrogen-bond acceptors (Lipinski definition) is 3. The number of ether oxygens (including phenoxy) is 1. The average molecular weight is 365 g/mol. The summed E-state index contributed by atoms with van der Waals surface area (Å²) in [6, 6.07) is 0. The molecule has 3 unspecified atom stereocenters. The highest BCUT2D eigenvalue weighted by atomic mass is 16.6. The number of esters is 1. The molecule has 4 aliphatic rings. The first-order valence-corrected chi connectivity index (χ1v) is 10.9. The van der Waals surface area contributed by atoms with Crippen molar-refractivity contribution in [3.05, 3.63) is 0 Å². The third-order valence-electron chi connectivity index (χ3n) is 8.18. The van der Waals surface area contributed by atoms with Gasteiger partial charge >= 0.3 is 5.97 Å². The molecule has 0 radical (unpaired) electrons. The van der Waals surface area contributed by atoms with Crippen molar-refractivity contribution in [1.82, 2.24) is 0 Å². The van der Waals surface area contributed by atoms with Gasteiger partial charge in [0.25, 0.3) is 0 Å². The summed E-state index contributed by atoms with van der Waals surface area (Å²) in [6.45, 7) is 13.2. The van der Waals surface area contributed by atoms with Crippen LogP contribution in [0.25, 0.3) is 0 Å². The van der Waals surface area contributed by atoms with Gasteiger partial charge in [-0.3, -0.25) is 4.79 Å². The lowest BCUT2D eigenvalue weighted by molar-refractivity contribution is -0.229. The van der Waals surface area contributed by atoms with E-state index in [1.165, 1.54) is 6.42 Å². The van der Waals surface area contributed by atoms with Gasteiger partial charge in [-0.1, -0.05) is 48.0 Å². The van der Waals surface area contributed by atoms with Crippen molar-refractivity contribution in [3.63, 3.8) is 0 Å². The molecule has 26 heavy (non-hydrogen) atoms. The van der Waals surface area contributed by atoms with Gasteiger partial charge < -0.3 is 9.84 Å². The highest BCUT2D eigenvalue weighted by molar-refractivity contribution is 5.77. The summed E-state index contributed by atoms with van der Waals surface area (Å²) in [5.74, 6) is 1.33. The van der Waals surface area contributed by atoms with E-state index in [9.17, 15) is 9.90 Å². The van der Waals surface area contributed by atoms with Crippen LogP contribution >= 0.6 is 0 Å². The summed E-state index contributed by atoms with van der Waals surface area (Å²) in [4.78, 5) is 13.6. The van der Waals surface area contributed by atoms with Gasteiger partial charge in [-0.15, -0.1) is 0 Å². The quantitative estimate of drug-likeness (QED) is 0.607. The first kappa shape index (κ1) is 20.2. The van der Waals surface area contributed by atoms with E-state index in [1.54, 1.807) is 0 Å². The molecular formula is C23H40O3. The minimum Gasteiger partial charge on any atom is -0.459 e. The molecule has 3 nitrogen and oxygen atoms in total. The molecule has 4 fully saturated rings. The Labute approximate surface area is 160 Å². The van der Waals surface area contributed by atoms with E-state index in [4.69, 9.17) is 4.74 Å². The summed E-state index contributed by atoms with van der Waals surface area (Å²) < 4.78 is 6.42. The van der Waals surface area contributed by atoms with Crippen molar-refractivity contribution in [3.8, 4) is 0 Å². The van der Waals surface area contributed by atoms with Crippen LogP contribution in [-0.4, -0.2) is 22.3 Å². The van der Waals surface area contributed by atoms with Crippen molar-refractivity contribution in [2.45, 2.75) is 111 Å². The molecule has 1 N–H and O–H groups in total.